The Morgan fingerprint density at radius 3 is 2.89 bits per heavy atom. The van der Waals surface area contributed by atoms with E-state index in [0.717, 1.165) is 0 Å². The summed E-state index contributed by atoms with van der Waals surface area (Å²) >= 11 is 0. The van der Waals surface area contributed by atoms with Gasteiger partial charge in [-0.2, -0.15) is 0 Å². The van der Waals surface area contributed by atoms with Crippen LogP contribution in [-0.2, 0) is 4.74 Å². The minimum atomic E-state index is -0.480. The first-order valence-corrected chi connectivity index (χ1v) is 5.53. The quantitative estimate of drug-likeness (QED) is 0.777. The van der Waals surface area contributed by atoms with Crippen LogP contribution in [0.15, 0.2) is 34.7 Å². The second-order valence-electron chi connectivity index (χ2n) is 3.45. The molecule has 2 aromatic heterocycles. The van der Waals surface area contributed by atoms with Crippen molar-refractivity contribution in [2.75, 3.05) is 13.7 Å². The summed E-state index contributed by atoms with van der Waals surface area (Å²) in [5, 5.41) is 0. The molecule has 18 heavy (non-hydrogen) atoms. The molecule has 2 aromatic rings. The van der Waals surface area contributed by atoms with Crippen LogP contribution in [0.4, 0.5) is 0 Å². The fraction of sp³-hybridized carbons (Fsp3) is 0.231. The monoisotopic (exact) mass is 247 g/mol. The Balaban J connectivity index is 2.26. The minimum Gasteiger partial charge on any atom is -0.481 e. The van der Waals surface area contributed by atoms with Crippen LogP contribution in [0.5, 0.6) is 5.88 Å². The predicted octanol–water partition coefficient (Wildman–Crippen LogP) is 2.53. The first kappa shape index (κ1) is 12.2. The van der Waals surface area contributed by atoms with Crippen LogP contribution in [0.2, 0.25) is 0 Å². The van der Waals surface area contributed by atoms with Gasteiger partial charge in [0.2, 0.25) is 11.6 Å². The van der Waals surface area contributed by atoms with E-state index in [-0.39, 0.29) is 5.76 Å². The van der Waals surface area contributed by atoms with Gasteiger partial charge in [-0.05, 0) is 25.1 Å². The first-order valence-electron chi connectivity index (χ1n) is 5.53. The van der Waals surface area contributed by atoms with E-state index >= 15 is 0 Å². The molecule has 2 heterocycles. The van der Waals surface area contributed by atoms with Gasteiger partial charge < -0.3 is 13.9 Å². The lowest BCUT2D eigenvalue weighted by Crippen LogP contribution is -2.02. The van der Waals surface area contributed by atoms with Crippen molar-refractivity contribution < 1.29 is 18.7 Å². The smallest absolute Gasteiger partial charge is 0.374 e. The van der Waals surface area contributed by atoms with Crippen molar-refractivity contribution in [2.24, 2.45) is 0 Å². The summed E-state index contributed by atoms with van der Waals surface area (Å²) in [4.78, 5) is 15.7. The van der Waals surface area contributed by atoms with Crippen LogP contribution in [0, 0.1) is 0 Å². The molecule has 0 N–H and O–H groups in total. The van der Waals surface area contributed by atoms with E-state index < -0.39 is 5.97 Å². The second-order valence-corrected chi connectivity index (χ2v) is 3.45. The summed E-state index contributed by atoms with van der Waals surface area (Å²) in [5.41, 5.74) is 0.602. The highest BCUT2D eigenvalue weighted by molar-refractivity contribution is 5.87. The van der Waals surface area contributed by atoms with Crippen molar-refractivity contribution in [1.29, 1.82) is 0 Å². The molecule has 5 nitrogen and oxygen atoms in total. The van der Waals surface area contributed by atoms with Gasteiger partial charge in [-0.25, -0.2) is 9.78 Å². The van der Waals surface area contributed by atoms with Gasteiger partial charge in [-0.15, -0.1) is 0 Å². The van der Waals surface area contributed by atoms with E-state index in [9.17, 15) is 4.79 Å². The van der Waals surface area contributed by atoms with Crippen LogP contribution in [0.1, 0.15) is 17.5 Å². The molecule has 0 aliphatic carbocycles. The number of ether oxygens (including phenoxy) is 2. The number of nitrogens with zero attached hydrogens (tertiary/aromatic N) is 1. The minimum absolute atomic E-state index is 0.163. The number of methoxy groups -OCH3 is 1. The molecule has 0 aliphatic rings. The van der Waals surface area contributed by atoms with Crippen molar-refractivity contribution in [3.05, 3.63) is 36.1 Å². The Morgan fingerprint density at radius 2 is 2.17 bits per heavy atom. The SMILES string of the molecule is CCOC(=O)c1ccc(-c2cccc(OC)n2)o1. The summed E-state index contributed by atoms with van der Waals surface area (Å²) in [6.45, 7) is 2.05. The van der Waals surface area contributed by atoms with Gasteiger partial charge in [0.15, 0.2) is 5.76 Å². The number of hydrogen-bond acceptors (Lipinski definition) is 5. The zero-order chi connectivity index (χ0) is 13.0. The molecule has 94 valence electrons. The van der Waals surface area contributed by atoms with E-state index in [1.165, 1.54) is 7.11 Å². The second kappa shape index (κ2) is 5.35. The molecule has 0 radical (unpaired) electrons. The molecular weight excluding hydrogens is 234 g/mol. The summed E-state index contributed by atoms with van der Waals surface area (Å²) in [7, 11) is 1.54. The number of esters is 1. The Labute approximate surface area is 104 Å². The normalized spacial score (nSPS) is 10.1. The molecule has 0 spiro atoms. The summed E-state index contributed by atoms with van der Waals surface area (Å²) in [5.74, 6) is 0.668. The third kappa shape index (κ3) is 2.51. The van der Waals surface area contributed by atoms with Crippen LogP contribution in [0.25, 0.3) is 11.5 Å². The molecule has 0 unspecified atom stereocenters. The highest BCUT2D eigenvalue weighted by Crippen LogP contribution is 2.22. The van der Waals surface area contributed by atoms with Gasteiger partial charge in [-0.1, -0.05) is 6.07 Å². The van der Waals surface area contributed by atoms with Crippen molar-refractivity contribution in [3.63, 3.8) is 0 Å². The van der Waals surface area contributed by atoms with Crippen LogP contribution >= 0.6 is 0 Å². The van der Waals surface area contributed by atoms with E-state index in [2.05, 4.69) is 4.98 Å². The average Bonchev–Trinajstić information content (AvgIpc) is 2.89. The van der Waals surface area contributed by atoms with E-state index in [0.29, 0.717) is 23.9 Å². The molecular formula is C13H13NO4. The fourth-order valence-electron chi connectivity index (χ4n) is 1.45. The maximum Gasteiger partial charge on any atom is 0.374 e. The third-order valence-electron chi connectivity index (χ3n) is 2.27. The third-order valence-corrected chi connectivity index (χ3v) is 2.27. The number of rotatable bonds is 4. The Bertz CT molecular complexity index is 547. The number of aromatic nitrogens is 1. The number of carbonyl (C=O) groups is 1. The molecule has 0 saturated carbocycles. The van der Waals surface area contributed by atoms with Crippen LogP contribution < -0.4 is 4.74 Å². The lowest BCUT2D eigenvalue weighted by atomic mass is 10.3. The molecule has 0 atom stereocenters. The summed E-state index contributed by atoms with van der Waals surface area (Å²) in [6.07, 6.45) is 0. The Hall–Kier alpha value is -2.30. The topological polar surface area (TPSA) is 61.6 Å². The van der Waals surface area contributed by atoms with Gasteiger partial charge in [0, 0.05) is 6.07 Å². The van der Waals surface area contributed by atoms with Gasteiger partial charge in [-0.3, -0.25) is 0 Å². The summed E-state index contributed by atoms with van der Waals surface area (Å²) < 4.78 is 15.3. The molecule has 0 bridgehead atoms. The molecule has 0 aliphatic heterocycles. The predicted molar refractivity (Wildman–Crippen MR) is 64.4 cm³/mol. The lowest BCUT2D eigenvalue weighted by Gasteiger charge is -2.00. The highest BCUT2D eigenvalue weighted by Gasteiger charge is 2.13. The first-order chi connectivity index (χ1) is 8.74. The maximum atomic E-state index is 11.5. The van der Waals surface area contributed by atoms with Crippen molar-refractivity contribution in [1.82, 2.24) is 4.98 Å². The lowest BCUT2D eigenvalue weighted by molar-refractivity contribution is 0.0491. The molecule has 5 heteroatoms. The average molecular weight is 247 g/mol. The molecule has 0 fully saturated rings. The van der Waals surface area contributed by atoms with Gasteiger partial charge in [0.05, 0.1) is 13.7 Å². The van der Waals surface area contributed by atoms with Gasteiger partial charge >= 0.3 is 5.97 Å². The molecule has 0 amide bonds. The largest absolute Gasteiger partial charge is 0.481 e. The molecule has 0 saturated heterocycles. The molecule has 0 aromatic carbocycles. The van der Waals surface area contributed by atoms with Crippen molar-refractivity contribution in [3.8, 4) is 17.3 Å². The standard InChI is InChI=1S/C13H13NO4/c1-3-17-13(15)11-8-7-10(18-11)9-5-4-6-12(14-9)16-2/h4-8H,3H2,1-2H3. The van der Waals surface area contributed by atoms with E-state index in [1.807, 2.05) is 0 Å². The van der Waals surface area contributed by atoms with Crippen LogP contribution in [0.3, 0.4) is 0 Å². The number of pyridine rings is 1. The number of hydrogen-bond donors (Lipinski definition) is 0. The zero-order valence-electron chi connectivity index (χ0n) is 10.2. The van der Waals surface area contributed by atoms with E-state index in [1.54, 1.807) is 37.3 Å². The van der Waals surface area contributed by atoms with Gasteiger partial charge in [0.25, 0.3) is 0 Å². The Kier molecular flexibility index (Phi) is 3.62. The highest BCUT2D eigenvalue weighted by atomic mass is 16.5. The number of furan rings is 1. The van der Waals surface area contributed by atoms with E-state index in [4.69, 9.17) is 13.9 Å². The van der Waals surface area contributed by atoms with Crippen LogP contribution in [-0.4, -0.2) is 24.7 Å². The van der Waals surface area contributed by atoms with Crippen molar-refractivity contribution >= 4 is 5.97 Å². The maximum absolute atomic E-state index is 11.5. The van der Waals surface area contributed by atoms with Gasteiger partial charge in [0.1, 0.15) is 5.69 Å². The number of carbonyl (C=O) groups excluding carboxylic acids is 1. The summed E-state index contributed by atoms with van der Waals surface area (Å²) in [6, 6.07) is 8.55. The Morgan fingerprint density at radius 1 is 1.33 bits per heavy atom. The zero-order valence-corrected chi connectivity index (χ0v) is 10.2. The van der Waals surface area contributed by atoms with Crippen molar-refractivity contribution in [2.45, 2.75) is 6.92 Å². The molecule has 2 rings (SSSR count). The fourth-order valence-corrected chi connectivity index (χ4v) is 1.45.